The topological polar surface area (TPSA) is 81.6 Å². The van der Waals surface area contributed by atoms with Crippen LogP contribution in [0.3, 0.4) is 0 Å². The van der Waals surface area contributed by atoms with E-state index in [0.29, 0.717) is 5.56 Å². The van der Waals surface area contributed by atoms with Gasteiger partial charge in [-0.1, -0.05) is 17.3 Å². The molecule has 1 saturated heterocycles. The number of primary amides is 1. The molecule has 0 bridgehead atoms. The molecule has 0 spiro atoms. The van der Waals surface area contributed by atoms with Gasteiger partial charge >= 0.3 is 0 Å². The summed E-state index contributed by atoms with van der Waals surface area (Å²) in [7, 11) is 0. The average Bonchev–Trinajstić information content (AvgIpc) is 3.20. The summed E-state index contributed by atoms with van der Waals surface area (Å²) in [4.78, 5) is 13.6. The van der Waals surface area contributed by atoms with Crippen LogP contribution in [0, 0.1) is 13.8 Å². The summed E-state index contributed by atoms with van der Waals surface area (Å²) >= 11 is 0. The van der Waals surface area contributed by atoms with E-state index in [-0.39, 0.29) is 6.10 Å². The first-order valence-electron chi connectivity index (χ1n) is 8.67. The van der Waals surface area contributed by atoms with Crippen molar-refractivity contribution in [2.75, 3.05) is 13.2 Å². The van der Waals surface area contributed by atoms with Gasteiger partial charge < -0.3 is 15.0 Å². The van der Waals surface area contributed by atoms with Crippen molar-refractivity contribution in [3.8, 4) is 0 Å². The van der Waals surface area contributed by atoms with Crippen LogP contribution in [-0.4, -0.2) is 35.2 Å². The van der Waals surface area contributed by atoms with E-state index in [9.17, 15) is 4.79 Å². The molecule has 1 fully saturated rings. The van der Waals surface area contributed by atoms with Gasteiger partial charge in [0, 0.05) is 37.4 Å². The number of aryl methyl sites for hydroxylation is 2. The second kappa shape index (κ2) is 7.80. The summed E-state index contributed by atoms with van der Waals surface area (Å²) in [6.45, 7) is 7.15. The summed E-state index contributed by atoms with van der Waals surface area (Å²) < 4.78 is 11.1. The van der Waals surface area contributed by atoms with Crippen molar-refractivity contribution < 1.29 is 14.1 Å². The quantitative estimate of drug-likeness (QED) is 0.835. The molecular weight excluding hydrogens is 318 g/mol. The van der Waals surface area contributed by atoms with Gasteiger partial charge in [-0.3, -0.25) is 9.69 Å². The maximum Gasteiger partial charge on any atom is 0.248 e. The van der Waals surface area contributed by atoms with Gasteiger partial charge in [-0.2, -0.15) is 0 Å². The molecule has 1 aromatic carbocycles. The van der Waals surface area contributed by atoms with Gasteiger partial charge in [0.1, 0.15) is 5.76 Å². The first kappa shape index (κ1) is 17.6. The van der Waals surface area contributed by atoms with Crippen LogP contribution >= 0.6 is 0 Å². The molecule has 1 aliphatic rings. The number of amides is 1. The summed E-state index contributed by atoms with van der Waals surface area (Å²) in [5.41, 5.74) is 9.04. The van der Waals surface area contributed by atoms with Crippen molar-refractivity contribution >= 4 is 5.91 Å². The Morgan fingerprint density at radius 2 is 2.04 bits per heavy atom. The molecule has 1 atom stereocenters. The molecule has 25 heavy (non-hydrogen) atoms. The predicted molar refractivity (Wildman–Crippen MR) is 94.0 cm³/mol. The van der Waals surface area contributed by atoms with Crippen molar-refractivity contribution in [3.05, 3.63) is 52.4 Å². The average molecular weight is 343 g/mol. The fourth-order valence-corrected chi connectivity index (χ4v) is 3.25. The molecule has 2 heterocycles. The van der Waals surface area contributed by atoms with Crippen LogP contribution in [0.4, 0.5) is 0 Å². The zero-order chi connectivity index (χ0) is 17.8. The Balaban J connectivity index is 1.74. The molecular formula is C19H25N3O3. The Kier molecular flexibility index (Phi) is 5.50. The highest BCUT2D eigenvalue weighted by atomic mass is 16.5. The van der Waals surface area contributed by atoms with E-state index in [1.807, 2.05) is 26.0 Å². The summed E-state index contributed by atoms with van der Waals surface area (Å²) in [5.74, 6) is 0.456. The van der Waals surface area contributed by atoms with E-state index in [0.717, 1.165) is 61.7 Å². The van der Waals surface area contributed by atoms with Crippen molar-refractivity contribution in [3.63, 3.8) is 0 Å². The Morgan fingerprint density at radius 1 is 1.28 bits per heavy atom. The van der Waals surface area contributed by atoms with Crippen LogP contribution < -0.4 is 5.73 Å². The minimum Gasteiger partial charge on any atom is -0.377 e. The SMILES string of the molecule is Cc1noc(C)c1CN(Cc1ccc(C(N)=O)cc1)C[C@H]1CCCO1. The second-order valence-electron chi connectivity index (χ2n) is 6.67. The molecule has 134 valence electrons. The maximum absolute atomic E-state index is 11.2. The molecule has 1 aliphatic heterocycles. The number of hydrogen-bond acceptors (Lipinski definition) is 5. The number of ether oxygens (including phenoxy) is 1. The molecule has 6 nitrogen and oxygen atoms in total. The molecule has 0 aliphatic carbocycles. The zero-order valence-electron chi connectivity index (χ0n) is 14.8. The van der Waals surface area contributed by atoms with E-state index in [1.165, 1.54) is 0 Å². The lowest BCUT2D eigenvalue weighted by atomic mass is 10.1. The first-order valence-corrected chi connectivity index (χ1v) is 8.67. The predicted octanol–water partition coefficient (Wildman–Crippen LogP) is 2.57. The Labute approximate surface area is 147 Å². The zero-order valence-corrected chi connectivity index (χ0v) is 14.8. The largest absolute Gasteiger partial charge is 0.377 e. The lowest BCUT2D eigenvalue weighted by Crippen LogP contribution is -2.31. The lowest BCUT2D eigenvalue weighted by molar-refractivity contribution is 0.0677. The van der Waals surface area contributed by atoms with Crippen LogP contribution in [0.15, 0.2) is 28.8 Å². The summed E-state index contributed by atoms with van der Waals surface area (Å²) in [6.07, 6.45) is 2.49. The fourth-order valence-electron chi connectivity index (χ4n) is 3.25. The smallest absolute Gasteiger partial charge is 0.248 e. The van der Waals surface area contributed by atoms with Crippen LogP contribution in [0.5, 0.6) is 0 Å². The number of aromatic nitrogens is 1. The van der Waals surface area contributed by atoms with E-state index >= 15 is 0 Å². The van der Waals surface area contributed by atoms with E-state index in [4.69, 9.17) is 15.0 Å². The van der Waals surface area contributed by atoms with Crippen LogP contribution in [0.25, 0.3) is 0 Å². The van der Waals surface area contributed by atoms with E-state index < -0.39 is 5.91 Å². The van der Waals surface area contributed by atoms with Gasteiger partial charge in [0.15, 0.2) is 0 Å². The van der Waals surface area contributed by atoms with Gasteiger partial charge in [0.25, 0.3) is 0 Å². The van der Waals surface area contributed by atoms with Crippen molar-refractivity contribution in [2.24, 2.45) is 5.73 Å². The summed E-state index contributed by atoms with van der Waals surface area (Å²) in [5, 5.41) is 4.05. The van der Waals surface area contributed by atoms with Gasteiger partial charge in [0.2, 0.25) is 5.91 Å². The molecule has 2 aromatic rings. The number of rotatable bonds is 7. The molecule has 0 radical (unpaired) electrons. The highest BCUT2D eigenvalue weighted by Gasteiger charge is 2.21. The van der Waals surface area contributed by atoms with Crippen molar-refractivity contribution in [1.29, 1.82) is 0 Å². The Morgan fingerprint density at radius 3 is 2.60 bits per heavy atom. The van der Waals surface area contributed by atoms with Gasteiger partial charge in [-0.25, -0.2) is 0 Å². The third-order valence-electron chi connectivity index (χ3n) is 4.69. The van der Waals surface area contributed by atoms with Crippen molar-refractivity contribution in [1.82, 2.24) is 10.1 Å². The number of carbonyl (C=O) groups is 1. The number of benzene rings is 1. The number of nitrogens with zero attached hydrogens (tertiary/aromatic N) is 2. The monoisotopic (exact) mass is 343 g/mol. The molecule has 1 amide bonds. The molecule has 1 aromatic heterocycles. The van der Waals surface area contributed by atoms with Crippen LogP contribution in [-0.2, 0) is 17.8 Å². The van der Waals surface area contributed by atoms with Gasteiger partial charge in [-0.15, -0.1) is 0 Å². The number of hydrogen-bond donors (Lipinski definition) is 1. The normalized spacial score (nSPS) is 17.3. The minimum absolute atomic E-state index is 0.269. The van der Waals surface area contributed by atoms with Crippen LogP contribution in [0.1, 0.15) is 45.8 Å². The molecule has 0 saturated carbocycles. The van der Waals surface area contributed by atoms with Gasteiger partial charge in [0.05, 0.1) is 11.8 Å². The highest BCUT2D eigenvalue weighted by molar-refractivity contribution is 5.92. The van der Waals surface area contributed by atoms with Crippen LogP contribution in [0.2, 0.25) is 0 Å². The molecule has 6 heteroatoms. The lowest BCUT2D eigenvalue weighted by Gasteiger charge is -2.25. The summed E-state index contributed by atoms with van der Waals surface area (Å²) in [6, 6.07) is 7.46. The molecule has 0 unspecified atom stereocenters. The minimum atomic E-state index is -0.404. The highest BCUT2D eigenvalue weighted by Crippen LogP contribution is 2.20. The standard InChI is InChI=1S/C19H25N3O3/c1-13-18(14(2)25-21-13)12-22(11-17-4-3-9-24-17)10-15-5-7-16(8-6-15)19(20)23/h5-8,17H,3-4,9-12H2,1-2H3,(H2,20,23)/t17-/m1/s1. The number of carbonyl (C=O) groups excluding carboxylic acids is 1. The molecule has 2 N–H and O–H groups in total. The fraction of sp³-hybridized carbons (Fsp3) is 0.474. The third-order valence-corrected chi connectivity index (χ3v) is 4.69. The third kappa shape index (κ3) is 4.46. The second-order valence-corrected chi connectivity index (χ2v) is 6.67. The van der Waals surface area contributed by atoms with E-state index in [2.05, 4.69) is 10.1 Å². The Hall–Kier alpha value is -2.18. The first-order chi connectivity index (χ1) is 12.0. The van der Waals surface area contributed by atoms with Gasteiger partial charge in [-0.05, 0) is 44.4 Å². The Bertz CT molecular complexity index is 699. The molecule has 3 rings (SSSR count). The number of nitrogens with two attached hydrogens (primary N) is 1. The van der Waals surface area contributed by atoms with E-state index in [1.54, 1.807) is 12.1 Å². The maximum atomic E-state index is 11.2. The van der Waals surface area contributed by atoms with Crippen molar-refractivity contribution in [2.45, 2.75) is 45.9 Å².